The van der Waals surface area contributed by atoms with Crippen molar-refractivity contribution in [2.24, 2.45) is 0 Å². The second-order valence-electron chi connectivity index (χ2n) is 3.05. The molecule has 0 bridgehead atoms. The molecular formula is C10H12BrNOS. The Morgan fingerprint density at radius 2 is 2.29 bits per heavy atom. The quantitative estimate of drug-likeness (QED) is 0.815. The van der Waals surface area contributed by atoms with Gasteiger partial charge in [-0.1, -0.05) is 34.6 Å². The molecule has 0 aliphatic carbocycles. The molecule has 0 atom stereocenters. The Balaban J connectivity index is 2.57. The highest BCUT2D eigenvalue weighted by Crippen LogP contribution is 2.16. The number of halogens is 1. The summed E-state index contributed by atoms with van der Waals surface area (Å²) in [5.41, 5.74) is 2.48. The molecule has 0 aliphatic rings. The molecule has 0 aliphatic heterocycles. The number of thiol groups is 1. The van der Waals surface area contributed by atoms with E-state index in [0.717, 1.165) is 10.9 Å². The van der Waals surface area contributed by atoms with Gasteiger partial charge in [0.05, 0.1) is 0 Å². The van der Waals surface area contributed by atoms with Crippen LogP contribution in [0, 0.1) is 6.92 Å². The van der Waals surface area contributed by atoms with Crippen molar-refractivity contribution in [3.05, 3.63) is 33.8 Å². The summed E-state index contributed by atoms with van der Waals surface area (Å²) >= 11 is 7.05. The summed E-state index contributed by atoms with van der Waals surface area (Å²) in [5.74, 6) is 0. The number of hydrogen-bond donors (Lipinski definition) is 2. The first-order chi connectivity index (χ1) is 6.59. The maximum absolute atomic E-state index is 10.5. The zero-order valence-electron chi connectivity index (χ0n) is 7.88. The van der Waals surface area contributed by atoms with E-state index in [2.05, 4.69) is 52.9 Å². The SMILES string of the molecule is Cc1ccc(Br)cc1CCNC(=O)S. The first-order valence-electron chi connectivity index (χ1n) is 4.31. The van der Waals surface area contributed by atoms with Gasteiger partial charge < -0.3 is 5.32 Å². The van der Waals surface area contributed by atoms with Crippen LogP contribution in [-0.2, 0) is 6.42 Å². The predicted octanol–water partition coefficient (Wildman–Crippen LogP) is 2.94. The van der Waals surface area contributed by atoms with Gasteiger partial charge in [0.25, 0.3) is 5.24 Å². The third-order valence-corrected chi connectivity index (χ3v) is 2.63. The van der Waals surface area contributed by atoms with Crippen molar-refractivity contribution in [1.29, 1.82) is 0 Å². The maximum atomic E-state index is 10.5. The lowest BCUT2D eigenvalue weighted by Crippen LogP contribution is -2.19. The molecule has 0 spiro atoms. The van der Waals surface area contributed by atoms with E-state index in [0.29, 0.717) is 6.54 Å². The van der Waals surface area contributed by atoms with Crippen molar-refractivity contribution in [3.8, 4) is 0 Å². The summed E-state index contributed by atoms with van der Waals surface area (Å²) in [4.78, 5) is 10.5. The van der Waals surface area contributed by atoms with Crippen LogP contribution in [0.4, 0.5) is 4.79 Å². The normalized spacial score (nSPS) is 9.93. The molecule has 0 unspecified atom stereocenters. The van der Waals surface area contributed by atoms with Gasteiger partial charge in [-0.05, 0) is 36.6 Å². The Labute approximate surface area is 97.6 Å². The number of hydrogen-bond acceptors (Lipinski definition) is 1. The summed E-state index contributed by atoms with van der Waals surface area (Å²) in [6.07, 6.45) is 0.831. The van der Waals surface area contributed by atoms with Crippen molar-refractivity contribution in [1.82, 2.24) is 5.32 Å². The van der Waals surface area contributed by atoms with E-state index in [9.17, 15) is 4.79 Å². The molecular weight excluding hydrogens is 262 g/mol. The number of aryl methyl sites for hydroxylation is 1. The van der Waals surface area contributed by atoms with Crippen LogP contribution < -0.4 is 5.32 Å². The molecule has 1 amide bonds. The summed E-state index contributed by atoms with van der Waals surface area (Å²) < 4.78 is 1.07. The molecule has 1 aromatic carbocycles. The lowest BCUT2D eigenvalue weighted by atomic mass is 10.1. The fourth-order valence-electron chi connectivity index (χ4n) is 1.21. The third-order valence-electron chi connectivity index (χ3n) is 1.98. The van der Waals surface area contributed by atoms with Gasteiger partial charge >= 0.3 is 0 Å². The van der Waals surface area contributed by atoms with Crippen molar-refractivity contribution >= 4 is 33.8 Å². The number of amides is 1. The van der Waals surface area contributed by atoms with Gasteiger partial charge in [0, 0.05) is 11.0 Å². The molecule has 0 aromatic heterocycles. The maximum Gasteiger partial charge on any atom is 0.275 e. The lowest BCUT2D eigenvalue weighted by molar-refractivity contribution is 0.261. The molecule has 14 heavy (non-hydrogen) atoms. The van der Waals surface area contributed by atoms with Crippen LogP contribution in [0.5, 0.6) is 0 Å². The van der Waals surface area contributed by atoms with Gasteiger partial charge in [-0.3, -0.25) is 4.79 Å². The van der Waals surface area contributed by atoms with Gasteiger partial charge in [-0.2, -0.15) is 0 Å². The second kappa shape index (κ2) is 5.41. The summed E-state index contributed by atoms with van der Waals surface area (Å²) in [5, 5.41) is 2.37. The Kier molecular flexibility index (Phi) is 4.48. The molecule has 0 saturated heterocycles. The van der Waals surface area contributed by atoms with Gasteiger partial charge in [-0.25, -0.2) is 0 Å². The summed E-state index contributed by atoms with van der Waals surface area (Å²) in [6.45, 7) is 2.68. The third kappa shape index (κ3) is 3.72. The molecule has 0 fully saturated rings. The standard InChI is InChI=1S/C10H12BrNOS/c1-7-2-3-9(11)6-8(7)4-5-12-10(13)14/h2-3,6H,4-5H2,1H3,(H2,12,13,14). The first kappa shape index (κ1) is 11.6. The minimum absolute atomic E-state index is 0.280. The monoisotopic (exact) mass is 273 g/mol. The van der Waals surface area contributed by atoms with Crippen molar-refractivity contribution in [3.63, 3.8) is 0 Å². The second-order valence-corrected chi connectivity index (χ2v) is 4.37. The molecule has 1 aromatic rings. The fourth-order valence-corrected chi connectivity index (χ4v) is 1.73. The van der Waals surface area contributed by atoms with Crippen LogP contribution >= 0.6 is 28.6 Å². The van der Waals surface area contributed by atoms with E-state index in [1.165, 1.54) is 11.1 Å². The topological polar surface area (TPSA) is 29.1 Å². The van der Waals surface area contributed by atoms with Crippen LogP contribution in [0.1, 0.15) is 11.1 Å². The van der Waals surface area contributed by atoms with Gasteiger partial charge in [0.1, 0.15) is 0 Å². The average Bonchev–Trinajstić information content (AvgIpc) is 2.10. The molecule has 0 heterocycles. The minimum Gasteiger partial charge on any atom is -0.347 e. The Bertz CT molecular complexity index is 341. The van der Waals surface area contributed by atoms with Crippen molar-refractivity contribution in [2.45, 2.75) is 13.3 Å². The van der Waals surface area contributed by atoms with Crippen LogP contribution in [-0.4, -0.2) is 11.8 Å². The van der Waals surface area contributed by atoms with Crippen LogP contribution in [0.3, 0.4) is 0 Å². The molecule has 2 nitrogen and oxygen atoms in total. The number of carbonyl (C=O) groups is 1. The van der Waals surface area contributed by atoms with E-state index in [1.807, 2.05) is 6.07 Å². The van der Waals surface area contributed by atoms with Crippen LogP contribution in [0.2, 0.25) is 0 Å². The molecule has 0 radical (unpaired) electrons. The molecule has 76 valence electrons. The zero-order valence-corrected chi connectivity index (χ0v) is 10.4. The zero-order chi connectivity index (χ0) is 10.6. The number of benzene rings is 1. The van der Waals surface area contributed by atoms with E-state index < -0.39 is 0 Å². The summed E-state index contributed by atoms with van der Waals surface area (Å²) in [7, 11) is 0. The molecule has 0 saturated carbocycles. The van der Waals surface area contributed by atoms with Gasteiger partial charge in [-0.15, -0.1) is 0 Å². The van der Waals surface area contributed by atoms with Gasteiger partial charge in [0.15, 0.2) is 0 Å². The highest BCUT2D eigenvalue weighted by Gasteiger charge is 1.99. The highest BCUT2D eigenvalue weighted by molar-refractivity contribution is 9.10. The van der Waals surface area contributed by atoms with E-state index in [4.69, 9.17) is 0 Å². The predicted molar refractivity (Wildman–Crippen MR) is 65.0 cm³/mol. The highest BCUT2D eigenvalue weighted by atomic mass is 79.9. The van der Waals surface area contributed by atoms with E-state index in [-0.39, 0.29) is 5.24 Å². The number of rotatable bonds is 3. The van der Waals surface area contributed by atoms with Gasteiger partial charge in [0.2, 0.25) is 0 Å². The fraction of sp³-hybridized carbons (Fsp3) is 0.300. The van der Waals surface area contributed by atoms with Crippen molar-refractivity contribution in [2.75, 3.05) is 6.54 Å². The van der Waals surface area contributed by atoms with E-state index >= 15 is 0 Å². The Morgan fingerprint density at radius 1 is 1.57 bits per heavy atom. The summed E-state index contributed by atoms with van der Waals surface area (Å²) in [6, 6.07) is 6.14. The number of carbonyl (C=O) groups excluding carboxylic acids is 1. The Morgan fingerprint density at radius 3 is 2.93 bits per heavy atom. The first-order valence-corrected chi connectivity index (χ1v) is 5.55. The molecule has 4 heteroatoms. The average molecular weight is 274 g/mol. The lowest BCUT2D eigenvalue weighted by Gasteiger charge is -2.06. The smallest absolute Gasteiger partial charge is 0.275 e. The molecule has 1 N–H and O–H groups in total. The molecule has 1 rings (SSSR count). The number of nitrogens with one attached hydrogen (secondary N) is 1. The van der Waals surface area contributed by atoms with Crippen LogP contribution in [0.15, 0.2) is 22.7 Å². The largest absolute Gasteiger partial charge is 0.347 e. The van der Waals surface area contributed by atoms with Crippen molar-refractivity contribution < 1.29 is 4.79 Å². The van der Waals surface area contributed by atoms with Crippen LogP contribution in [0.25, 0.3) is 0 Å². The van der Waals surface area contributed by atoms with E-state index in [1.54, 1.807) is 0 Å². The minimum atomic E-state index is -0.280. The Hall–Kier alpha value is -0.480.